The van der Waals surface area contributed by atoms with E-state index >= 15 is 0 Å². The van der Waals surface area contributed by atoms with Gasteiger partial charge >= 0.3 is 5.97 Å². The van der Waals surface area contributed by atoms with Crippen LogP contribution in [0, 0.1) is 11.3 Å². The first-order valence-electron chi connectivity index (χ1n) is 9.23. The number of amides is 1. The van der Waals surface area contributed by atoms with Gasteiger partial charge in [-0.2, -0.15) is 0 Å². The average molecular weight is 380 g/mol. The second-order valence-corrected chi connectivity index (χ2v) is 8.09. The molecule has 0 bridgehead atoms. The van der Waals surface area contributed by atoms with Crippen molar-refractivity contribution >= 4 is 23.5 Å². The Morgan fingerprint density at radius 2 is 1.96 bits per heavy atom. The zero-order valence-electron chi connectivity index (χ0n) is 15.0. The average Bonchev–Trinajstić information content (AvgIpc) is 3.20. The normalized spacial score (nSPS) is 24.8. The van der Waals surface area contributed by atoms with Gasteiger partial charge in [-0.1, -0.05) is 36.6 Å². The maximum atomic E-state index is 13.0. The van der Waals surface area contributed by atoms with Gasteiger partial charge in [-0.25, -0.2) is 0 Å². The number of carboxylic acid groups (broad SMARTS) is 1. The number of halogens is 1. The summed E-state index contributed by atoms with van der Waals surface area (Å²) in [7, 11) is 1.50. The van der Waals surface area contributed by atoms with E-state index in [0.29, 0.717) is 17.4 Å². The Balaban J connectivity index is 1.64. The van der Waals surface area contributed by atoms with Crippen LogP contribution in [0.25, 0.3) is 0 Å². The van der Waals surface area contributed by atoms with E-state index in [-0.39, 0.29) is 18.6 Å². The summed E-state index contributed by atoms with van der Waals surface area (Å²) in [6, 6.07) is 7.88. The molecule has 0 saturated heterocycles. The summed E-state index contributed by atoms with van der Waals surface area (Å²) in [5.74, 6) is -1.20. The summed E-state index contributed by atoms with van der Waals surface area (Å²) >= 11 is 5.93. The van der Waals surface area contributed by atoms with Gasteiger partial charge in [0.2, 0.25) is 5.91 Å². The first-order chi connectivity index (χ1) is 12.4. The lowest BCUT2D eigenvalue weighted by atomic mass is 9.77. The molecule has 1 aromatic rings. The minimum atomic E-state index is -0.892. The maximum Gasteiger partial charge on any atom is 0.308 e. The summed E-state index contributed by atoms with van der Waals surface area (Å²) in [6.45, 7) is 0.140. The topological polar surface area (TPSA) is 75.6 Å². The van der Waals surface area contributed by atoms with Crippen LogP contribution < -0.4 is 5.32 Å². The molecule has 142 valence electrons. The van der Waals surface area contributed by atoms with Gasteiger partial charge in [0.15, 0.2) is 0 Å². The molecule has 2 saturated carbocycles. The number of carboxylic acids is 1. The third-order valence-corrected chi connectivity index (χ3v) is 6.05. The van der Waals surface area contributed by atoms with Gasteiger partial charge in [-0.15, -0.1) is 0 Å². The highest BCUT2D eigenvalue weighted by Crippen LogP contribution is 2.46. The summed E-state index contributed by atoms with van der Waals surface area (Å²) in [4.78, 5) is 24.6. The van der Waals surface area contributed by atoms with Crippen molar-refractivity contribution in [3.63, 3.8) is 0 Å². The van der Waals surface area contributed by atoms with Gasteiger partial charge in [0.25, 0.3) is 0 Å². The number of carbonyl (C=O) groups excluding carboxylic acids is 1. The number of aliphatic carboxylic acids is 1. The molecular formula is C20H26ClNO4. The Bertz CT molecular complexity index is 654. The van der Waals surface area contributed by atoms with E-state index in [2.05, 4.69) is 5.32 Å². The Kier molecular flexibility index (Phi) is 5.88. The Labute approximate surface area is 159 Å². The van der Waals surface area contributed by atoms with E-state index < -0.39 is 17.3 Å². The highest BCUT2D eigenvalue weighted by molar-refractivity contribution is 6.30. The van der Waals surface area contributed by atoms with Crippen LogP contribution in [-0.4, -0.2) is 36.7 Å². The molecule has 1 aromatic carbocycles. The number of nitrogens with one attached hydrogen (secondary N) is 1. The Hall–Kier alpha value is -1.59. The second kappa shape index (κ2) is 7.97. The van der Waals surface area contributed by atoms with Crippen molar-refractivity contribution in [3.05, 3.63) is 34.9 Å². The minimum Gasteiger partial charge on any atom is -0.481 e. The van der Waals surface area contributed by atoms with Gasteiger partial charge in [0.05, 0.1) is 17.9 Å². The molecule has 0 heterocycles. The molecular weight excluding hydrogens is 354 g/mol. The summed E-state index contributed by atoms with van der Waals surface area (Å²) in [6.07, 6.45) is 4.72. The summed E-state index contributed by atoms with van der Waals surface area (Å²) in [5.41, 5.74) is 0.609. The zero-order valence-corrected chi connectivity index (χ0v) is 15.8. The Morgan fingerprint density at radius 1 is 1.31 bits per heavy atom. The molecule has 2 fully saturated rings. The van der Waals surface area contributed by atoms with E-state index in [1.165, 1.54) is 12.7 Å². The number of rotatable bonds is 8. The molecule has 2 aliphatic rings. The molecule has 6 heteroatoms. The molecule has 2 aliphatic carbocycles. The molecule has 2 N–H and O–H groups in total. The number of hydrogen-bond acceptors (Lipinski definition) is 3. The van der Waals surface area contributed by atoms with Crippen LogP contribution in [0.2, 0.25) is 5.02 Å². The fourth-order valence-electron chi connectivity index (χ4n) is 4.22. The van der Waals surface area contributed by atoms with Gasteiger partial charge in [-0.3, -0.25) is 9.59 Å². The standard InChI is InChI=1S/C20H26ClNO4/c1-26-12-14(18(23)24)11-20(8-2-3-9-20)19(25)22-17-10-16(17)13-4-6-15(21)7-5-13/h4-7,14,16-17H,2-3,8-12H2,1H3,(H,22,25)(H,23,24)/t14?,16-,17+/m0/s1. The molecule has 1 amide bonds. The van der Waals surface area contributed by atoms with Crippen molar-refractivity contribution < 1.29 is 19.4 Å². The molecule has 3 rings (SSSR count). The highest BCUT2D eigenvalue weighted by atomic mass is 35.5. The molecule has 0 aliphatic heterocycles. The van der Waals surface area contributed by atoms with Crippen molar-refractivity contribution in [1.82, 2.24) is 5.32 Å². The molecule has 1 unspecified atom stereocenters. The van der Waals surface area contributed by atoms with Gasteiger partial charge in [0, 0.05) is 24.1 Å². The molecule has 0 radical (unpaired) electrons. The molecule has 26 heavy (non-hydrogen) atoms. The summed E-state index contributed by atoms with van der Waals surface area (Å²) in [5, 5.41) is 13.3. The third kappa shape index (κ3) is 4.21. The smallest absolute Gasteiger partial charge is 0.308 e. The van der Waals surface area contributed by atoms with Gasteiger partial charge < -0.3 is 15.2 Å². The van der Waals surface area contributed by atoms with Crippen LogP contribution in [0.4, 0.5) is 0 Å². The van der Waals surface area contributed by atoms with Crippen molar-refractivity contribution in [3.8, 4) is 0 Å². The summed E-state index contributed by atoms with van der Waals surface area (Å²) < 4.78 is 5.05. The molecule has 5 nitrogen and oxygen atoms in total. The van der Waals surface area contributed by atoms with Crippen LogP contribution in [0.5, 0.6) is 0 Å². The number of ether oxygens (including phenoxy) is 1. The van der Waals surface area contributed by atoms with Gasteiger partial charge in [0.1, 0.15) is 0 Å². The first-order valence-corrected chi connectivity index (χ1v) is 9.61. The van der Waals surface area contributed by atoms with Crippen molar-refractivity contribution in [2.24, 2.45) is 11.3 Å². The third-order valence-electron chi connectivity index (χ3n) is 5.80. The lowest BCUT2D eigenvalue weighted by Gasteiger charge is -2.30. The van der Waals surface area contributed by atoms with Crippen LogP contribution in [0.3, 0.4) is 0 Å². The van der Waals surface area contributed by atoms with Crippen LogP contribution >= 0.6 is 11.6 Å². The lowest BCUT2D eigenvalue weighted by Crippen LogP contribution is -2.43. The Morgan fingerprint density at radius 3 is 2.54 bits per heavy atom. The SMILES string of the molecule is COCC(CC1(C(=O)N[C@@H]2C[C@H]2c2ccc(Cl)cc2)CCCC1)C(=O)O. The lowest BCUT2D eigenvalue weighted by molar-refractivity contribution is -0.146. The number of benzene rings is 1. The molecule has 0 spiro atoms. The fourth-order valence-corrected chi connectivity index (χ4v) is 4.35. The molecule has 3 atom stereocenters. The van der Waals surface area contributed by atoms with Crippen LogP contribution in [0.15, 0.2) is 24.3 Å². The zero-order chi connectivity index (χ0) is 18.7. The van der Waals surface area contributed by atoms with Crippen molar-refractivity contribution in [1.29, 1.82) is 0 Å². The van der Waals surface area contributed by atoms with Gasteiger partial charge in [-0.05, 0) is 43.4 Å². The second-order valence-electron chi connectivity index (χ2n) is 7.66. The quantitative estimate of drug-likeness (QED) is 0.723. The predicted octanol–water partition coefficient (Wildman–Crippen LogP) is 3.61. The van der Waals surface area contributed by atoms with Crippen molar-refractivity contribution in [2.75, 3.05) is 13.7 Å². The number of hydrogen-bond donors (Lipinski definition) is 2. The van der Waals surface area contributed by atoms with Crippen LogP contribution in [-0.2, 0) is 14.3 Å². The van der Waals surface area contributed by atoms with E-state index in [4.69, 9.17) is 16.3 Å². The van der Waals surface area contributed by atoms with E-state index in [0.717, 1.165) is 32.1 Å². The van der Waals surface area contributed by atoms with Crippen LogP contribution in [0.1, 0.15) is 50.0 Å². The van der Waals surface area contributed by atoms with E-state index in [1.54, 1.807) is 0 Å². The monoisotopic (exact) mass is 379 g/mol. The largest absolute Gasteiger partial charge is 0.481 e. The first kappa shape index (κ1) is 19.2. The number of carbonyl (C=O) groups is 2. The highest BCUT2D eigenvalue weighted by Gasteiger charge is 2.47. The minimum absolute atomic E-state index is 0.0128. The number of methoxy groups -OCH3 is 1. The van der Waals surface area contributed by atoms with E-state index in [1.807, 2.05) is 24.3 Å². The predicted molar refractivity (Wildman–Crippen MR) is 99.3 cm³/mol. The van der Waals surface area contributed by atoms with E-state index in [9.17, 15) is 14.7 Å². The fraction of sp³-hybridized carbons (Fsp3) is 0.600. The molecule has 0 aromatic heterocycles. The maximum absolute atomic E-state index is 13.0. The van der Waals surface area contributed by atoms with Crippen molar-refractivity contribution in [2.45, 2.75) is 50.5 Å².